The summed E-state index contributed by atoms with van der Waals surface area (Å²) in [5.74, 6) is -0.829. The van der Waals surface area contributed by atoms with Crippen molar-refractivity contribution in [3.63, 3.8) is 0 Å². The Morgan fingerprint density at radius 3 is 2.61 bits per heavy atom. The van der Waals surface area contributed by atoms with E-state index in [1.807, 2.05) is 4.90 Å². The lowest BCUT2D eigenvalue weighted by Gasteiger charge is -2.32. The lowest BCUT2D eigenvalue weighted by atomic mass is 9.96. The highest BCUT2D eigenvalue weighted by Crippen LogP contribution is 2.31. The van der Waals surface area contributed by atoms with Crippen molar-refractivity contribution in [2.75, 3.05) is 25.1 Å². The van der Waals surface area contributed by atoms with Gasteiger partial charge in [0.25, 0.3) is 5.69 Å². The second-order valence-corrected chi connectivity index (χ2v) is 6.37. The molecule has 1 fully saturated rings. The standard InChI is InChI=1S/C19H20N2O7/c1-26-19(23)17-7-6-14(28-17)12-27-18(22)13-8-10-20(11-9-13)15-4-2-3-5-16(15)21(24)25/h2-7,13H,8-12H2,1H3. The third-order valence-electron chi connectivity index (χ3n) is 4.65. The molecule has 1 aliphatic heterocycles. The van der Waals surface area contributed by atoms with Crippen LogP contribution in [0.4, 0.5) is 11.4 Å². The molecule has 0 bridgehead atoms. The van der Waals surface area contributed by atoms with Crippen LogP contribution in [-0.2, 0) is 20.9 Å². The number of nitro benzene ring substituents is 1. The monoisotopic (exact) mass is 388 g/mol. The van der Waals surface area contributed by atoms with E-state index in [4.69, 9.17) is 9.15 Å². The molecular weight excluding hydrogens is 368 g/mol. The Balaban J connectivity index is 1.52. The van der Waals surface area contributed by atoms with Crippen LogP contribution in [0.1, 0.15) is 29.2 Å². The largest absolute Gasteiger partial charge is 0.463 e. The Morgan fingerprint density at radius 2 is 1.93 bits per heavy atom. The van der Waals surface area contributed by atoms with Crippen LogP contribution in [0.5, 0.6) is 0 Å². The number of rotatable bonds is 6. The quantitative estimate of drug-likeness (QED) is 0.422. The van der Waals surface area contributed by atoms with Gasteiger partial charge in [-0.1, -0.05) is 12.1 Å². The van der Waals surface area contributed by atoms with E-state index in [2.05, 4.69) is 4.74 Å². The SMILES string of the molecule is COC(=O)c1ccc(COC(=O)C2CCN(c3ccccc3[N+](=O)[O-])CC2)o1. The van der Waals surface area contributed by atoms with Crippen molar-refractivity contribution in [1.29, 1.82) is 0 Å². The molecule has 148 valence electrons. The molecule has 0 N–H and O–H groups in total. The summed E-state index contributed by atoms with van der Waals surface area (Å²) in [7, 11) is 1.25. The molecule has 1 aromatic heterocycles. The van der Waals surface area contributed by atoms with Crippen LogP contribution < -0.4 is 4.90 Å². The van der Waals surface area contributed by atoms with E-state index in [1.54, 1.807) is 24.3 Å². The normalized spacial score (nSPS) is 14.5. The summed E-state index contributed by atoms with van der Waals surface area (Å²) < 4.78 is 15.1. The van der Waals surface area contributed by atoms with Gasteiger partial charge < -0.3 is 18.8 Å². The number of carbonyl (C=O) groups is 2. The fraction of sp³-hybridized carbons (Fsp3) is 0.368. The summed E-state index contributed by atoms with van der Waals surface area (Å²) in [6.07, 6.45) is 1.08. The Bertz CT molecular complexity index is 869. The minimum Gasteiger partial charge on any atom is -0.463 e. The Morgan fingerprint density at radius 1 is 1.21 bits per heavy atom. The highest BCUT2D eigenvalue weighted by molar-refractivity contribution is 5.86. The zero-order chi connectivity index (χ0) is 20.1. The lowest BCUT2D eigenvalue weighted by molar-refractivity contribution is -0.384. The molecular formula is C19H20N2O7. The zero-order valence-corrected chi connectivity index (χ0v) is 15.3. The van der Waals surface area contributed by atoms with E-state index < -0.39 is 10.9 Å². The number of hydrogen-bond donors (Lipinski definition) is 0. The molecule has 9 heteroatoms. The second-order valence-electron chi connectivity index (χ2n) is 6.37. The molecule has 0 spiro atoms. The van der Waals surface area contributed by atoms with E-state index in [9.17, 15) is 19.7 Å². The maximum Gasteiger partial charge on any atom is 0.373 e. The summed E-state index contributed by atoms with van der Waals surface area (Å²) in [5.41, 5.74) is 0.619. The van der Waals surface area contributed by atoms with E-state index in [1.165, 1.54) is 19.2 Å². The van der Waals surface area contributed by atoms with Crippen molar-refractivity contribution in [1.82, 2.24) is 0 Å². The smallest absolute Gasteiger partial charge is 0.373 e. The fourth-order valence-corrected chi connectivity index (χ4v) is 3.17. The van der Waals surface area contributed by atoms with Crippen molar-refractivity contribution in [2.45, 2.75) is 19.4 Å². The number of nitro groups is 1. The summed E-state index contributed by atoms with van der Waals surface area (Å²) in [6, 6.07) is 9.59. The molecule has 0 radical (unpaired) electrons. The predicted octanol–water partition coefficient (Wildman–Crippen LogP) is 2.93. The van der Waals surface area contributed by atoms with Gasteiger partial charge in [-0.2, -0.15) is 0 Å². The minimum atomic E-state index is -0.597. The van der Waals surface area contributed by atoms with Crippen molar-refractivity contribution < 1.29 is 28.4 Å². The maximum absolute atomic E-state index is 12.3. The molecule has 1 aliphatic rings. The van der Waals surface area contributed by atoms with Crippen LogP contribution in [0.2, 0.25) is 0 Å². The van der Waals surface area contributed by atoms with Gasteiger partial charge in [-0.15, -0.1) is 0 Å². The van der Waals surface area contributed by atoms with Gasteiger partial charge >= 0.3 is 11.9 Å². The number of carbonyl (C=O) groups excluding carboxylic acids is 2. The van der Waals surface area contributed by atoms with Gasteiger partial charge in [0.05, 0.1) is 18.0 Å². The lowest BCUT2D eigenvalue weighted by Crippen LogP contribution is -2.37. The first-order chi connectivity index (χ1) is 13.5. The summed E-state index contributed by atoms with van der Waals surface area (Å²) in [5, 5.41) is 11.2. The molecule has 0 saturated carbocycles. The Labute approximate surface area is 161 Å². The van der Waals surface area contributed by atoms with Crippen LogP contribution in [0.3, 0.4) is 0 Å². The Hall–Kier alpha value is -3.36. The fourth-order valence-electron chi connectivity index (χ4n) is 3.17. The van der Waals surface area contributed by atoms with Crippen molar-refractivity contribution in [2.24, 2.45) is 5.92 Å². The van der Waals surface area contributed by atoms with Crippen LogP contribution in [0.25, 0.3) is 0 Å². The molecule has 0 aliphatic carbocycles. The topological polar surface area (TPSA) is 112 Å². The third kappa shape index (κ3) is 4.30. The molecule has 3 rings (SSSR count). The number of furan rings is 1. The first-order valence-electron chi connectivity index (χ1n) is 8.81. The molecule has 0 amide bonds. The molecule has 0 atom stereocenters. The van der Waals surface area contributed by atoms with Crippen molar-refractivity contribution >= 4 is 23.3 Å². The molecule has 1 saturated heterocycles. The first-order valence-corrected chi connectivity index (χ1v) is 8.81. The molecule has 2 aromatic rings. The second kappa shape index (κ2) is 8.55. The van der Waals surface area contributed by atoms with Gasteiger partial charge in [-0.05, 0) is 31.0 Å². The van der Waals surface area contributed by atoms with Crippen LogP contribution in [-0.4, -0.2) is 37.1 Å². The van der Waals surface area contributed by atoms with Gasteiger partial charge in [-0.3, -0.25) is 14.9 Å². The van der Waals surface area contributed by atoms with Crippen LogP contribution in [0.15, 0.2) is 40.8 Å². The third-order valence-corrected chi connectivity index (χ3v) is 4.65. The van der Waals surface area contributed by atoms with Crippen LogP contribution in [0, 0.1) is 16.0 Å². The molecule has 9 nitrogen and oxygen atoms in total. The highest BCUT2D eigenvalue weighted by atomic mass is 16.6. The molecule has 1 aromatic carbocycles. The van der Waals surface area contributed by atoms with E-state index >= 15 is 0 Å². The average molecular weight is 388 g/mol. The predicted molar refractivity (Wildman–Crippen MR) is 97.9 cm³/mol. The van der Waals surface area contributed by atoms with Gasteiger partial charge in [-0.25, -0.2) is 4.79 Å². The number of nitrogens with zero attached hydrogens (tertiary/aromatic N) is 2. The number of methoxy groups -OCH3 is 1. The van der Waals surface area contributed by atoms with Crippen LogP contribution >= 0.6 is 0 Å². The minimum absolute atomic E-state index is 0.0475. The van der Waals surface area contributed by atoms with E-state index in [-0.39, 0.29) is 29.9 Å². The number of ether oxygens (including phenoxy) is 2. The van der Waals surface area contributed by atoms with Gasteiger partial charge in [0, 0.05) is 19.2 Å². The number of anilines is 1. The molecule has 2 heterocycles. The zero-order valence-electron chi connectivity index (χ0n) is 15.3. The summed E-state index contributed by atoms with van der Waals surface area (Å²) in [6.45, 7) is 0.982. The molecule has 28 heavy (non-hydrogen) atoms. The average Bonchev–Trinajstić information content (AvgIpc) is 3.20. The summed E-state index contributed by atoms with van der Waals surface area (Å²) in [4.78, 5) is 36.4. The summed E-state index contributed by atoms with van der Waals surface area (Å²) >= 11 is 0. The number of esters is 2. The molecule has 0 unspecified atom stereocenters. The van der Waals surface area contributed by atoms with Gasteiger partial charge in [0.2, 0.25) is 5.76 Å². The Kier molecular flexibility index (Phi) is 5.93. The maximum atomic E-state index is 12.3. The number of hydrogen-bond acceptors (Lipinski definition) is 8. The number of piperidine rings is 1. The van der Waals surface area contributed by atoms with Crippen molar-refractivity contribution in [3.8, 4) is 0 Å². The number of para-hydroxylation sites is 2. The first kappa shape index (κ1) is 19.4. The van der Waals surface area contributed by atoms with Gasteiger partial charge in [0.1, 0.15) is 18.1 Å². The van der Waals surface area contributed by atoms with Crippen molar-refractivity contribution in [3.05, 3.63) is 58.0 Å². The highest BCUT2D eigenvalue weighted by Gasteiger charge is 2.29. The van der Waals surface area contributed by atoms with Gasteiger partial charge in [0.15, 0.2) is 0 Å². The number of benzene rings is 1. The van der Waals surface area contributed by atoms with E-state index in [0.29, 0.717) is 37.4 Å². The van der Waals surface area contributed by atoms with E-state index in [0.717, 1.165) is 0 Å².